The zero-order valence-electron chi connectivity index (χ0n) is 13.1. The Morgan fingerprint density at radius 3 is 2.61 bits per heavy atom. The number of carboxylic acids is 1. The van der Waals surface area contributed by atoms with Crippen LogP contribution in [0.1, 0.15) is 18.4 Å². The highest BCUT2D eigenvalue weighted by Gasteiger charge is 2.29. The molecule has 1 unspecified atom stereocenters. The maximum absolute atomic E-state index is 11.8. The molecule has 0 aromatic heterocycles. The van der Waals surface area contributed by atoms with E-state index in [1.807, 2.05) is 30.3 Å². The Morgan fingerprint density at radius 2 is 1.96 bits per heavy atom. The maximum atomic E-state index is 11.8. The van der Waals surface area contributed by atoms with Crippen LogP contribution in [0.5, 0.6) is 0 Å². The molecule has 0 aliphatic carbocycles. The lowest BCUT2D eigenvalue weighted by atomic mass is 9.86. The second-order valence-electron chi connectivity index (χ2n) is 5.68. The molecule has 1 heterocycles. The second-order valence-corrected chi connectivity index (χ2v) is 5.68. The number of carbonyl (C=O) groups is 2. The van der Waals surface area contributed by atoms with Crippen LogP contribution in [0.3, 0.4) is 0 Å². The van der Waals surface area contributed by atoms with Crippen LogP contribution in [0.4, 0.5) is 0 Å². The van der Waals surface area contributed by atoms with Crippen molar-refractivity contribution < 1.29 is 24.2 Å². The summed E-state index contributed by atoms with van der Waals surface area (Å²) in [6, 6.07) is 9.57. The summed E-state index contributed by atoms with van der Waals surface area (Å²) >= 11 is 0. The summed E-state index contributed by atoms with van der Waals surface area (Å²) in [5.74, 6) is -1.69. The molecule has 1 aromatic carbocycles. The summed E-state index contributed by atoms with van der Waals surface area (Å²) in [6.45, 7) is 1.59. The van der Waals surface area contributed by atoms with E-state index in [2.05, 4.69) is 5.32 Å². The average molecular weight is 321 g/mol. The number of hydrogen-bond acceptors (Lipinski definition) is 4. The molecule has 0 spiro atoms. The van der Waals surface area contributed by atoms with Crippen LogP contribution < -0.4 is 5.32 Å². The van der Waals surface area contributed by atoms with Gasteiger partial charge in [-0.15, -0.1) is 0 Å². The third-order valence-electron chi connectivity index (χ3n) is 4.02. The number of hydrogen-bond donors (Lipinski definition) is 2. The van der Waals surface area contributed by atoms with Crippen LogP contribution in [0.25, 0.3) is 0 Å². The molecule has 0 saturated carbocycles. The lowest BCUT2D eigenvalue weighted by Gasteiger charge is -2.27. The average Bonchev–Trinajstić information content (AvgIpc) is 2.57. The van der Waals surface area contributed by atoms with Gasteiger partial charge in [0.15, 0.2) is 0 Å². The first kappa shape index (κ1) is 17.4. The number of nitrogens with one attached hydrogen (secondary N) is 1. The van der Waals surface area contributed by atoms with Gasteiger partial charge in [0.2, 0.25) is 5.91 Å². The van der Waals surface area contributed by atoms with Crippen molar-refractivity contribution in [3.8, 4) is 0 Å². The molecule has 1 saturated heterocycles. The van der Waals surface area contributed by atoms with Crippen LogP contribution in [0.15, 0.2) is 30.3 Å². The third-order valence-corrected chi connectivity index (χ3v) is 4.02. The monoisotopic (exact) mass is 321 g/mol. The molecule has 1 fully saturated rings. The molecule has 1 aliphatic rings. The summed E-state index contributed by atoms with van der Waals surface area (Å²) in [5.41, 5.74) is 0.992. The van der Waals surface area contributed by atoms with Crippen molar-refractivity contribution in [3.05, 3.63) is 35.9 Å². The van der Waals surface area contributed by atoms with E-state index >= 15 is 0 Å². The zero-order valence-corrected chi connectivity index (χ0v) is 13.1. The van der Waals surface area contributed by atoms with Gasteiger partial charge in [0.1, 0.15) is 6.61 Å². The van der Waals surface area contributed by atoms with Gasteiger partial charge in [-0.25, -0.2) is 0 Å². The normalized spacial score (nSPS) is 16.7. The van der Waals surface area contributed by atoms with E-state index in [-0.39, 0.29) is 25.0 Å². The van der Waals surface area contributed by atoms with Crippen LogP contribution >= 0.6 is 0 Å². The third kappa shape index (κ3) is 6.00. The van der Waals surface area contributed by atoms with Gasteiger partial charge in [-0.05, 0) is 24.3 Å². The van der Waals surface area contributed by atoms with Crippen molar-refractivity contribution >= 4 is 11.9 Å². The Kier molecular flexibility index (Phi) is 7.03. The topological polar surface area (TPSA) is 84.9 Å². The molecule has 6 heteroatoms. The summed E-state index contributed by atoms with van der Waals surface area (Å²) in [4.78, 5) is 23.2. The molecule has 2 rings (SSSR count). The van der Waals surface area contributed by atoms with E-state index in [0.29, 0.717) is 19.8 Å². The van der Waals surface area contributed by atoms with E-state index in [4.69, 9.17) is 9.47 Å². The summed E-state index contributed by atoms with van der Waals surface area (Å²) in [6.07, 6.45) is 1.44. The number of carbonyl (C=O) groups excluding carboxylic acids is 1. The van der Waals surface area contributed by atoms with Crippen molar-refractivity contribution in [2.24, 2.45) is 11.8 Å². The van der Waals surface area contributed by atoms with Gasteiger partial charge >= 0.3 is 5.97 Å². The molecule has 1 aromatic rings. The lowest BCUT2D eigenvalue weighted by molar-refractivity contribution is -0.145. The molecule has 6 nitrogen and oxygen atoms in total. The predicted molar refractivity (Wildman–Crippen MR) is 83.8 cm³/mol. The summed E-state index contributed by atoms with van der Waals surface area (Å²) in [7, 11) is 0. The highest BCUT2D eigenvalue weighted by atomic mass is 16.5. The fourth-order valence-electron chi connectivity index (χ4n) is 2.68. The Balaban J connectivity index is 1.70. The number of amides is 1. The molecule has 2 N–H and O–H groups in total. The second kappa shape index (κ2) is 9.27. The van der Waals surface area contributed by atoms with Crippen LogP contribution in [0.2, 0.25) is 0 Å². The lowest BCUT2D eigenvalue weighted by Crippen LogP contribution is -2.40. The van der Waals surface area contributed by atoms with Crippen molar-refractivity contribution in [3.63, 3.8) is 0 Å². The molecule has 1 amide bonds. The number of ether oxygens (including phenoxy) is 2. The van der Waals surface area contributed by atoms with Crippen molar-refractivity contribution in [2.45, 2.75) is 19.4 Å². The predicted octanol–water partition coefficient (Wildman–Crippen LogP) is 1.45. The number of aliphatic carboxylic acids is 1. The fourth-order valence-corrected chi connectivity index (χ4v) is 2.68. The largest absolute Gasteiger partial charge is 0.481 e. The minimum atomic E-state index is -0.873. The molecule has 0 radical (unpaired) electrons. The highest BCUT2D eigenvalue weighted by molar-refractivity contribution is 5.78. The van der Waals surface area contributed by atoms with Gasteiger partial charge < -0.3 is 19.9 Å². The van der Waals surface area contributed by atoms with Gasteiger partial charge in [0.25, 0.3) is 0 Å². The van der Waals surface area contributed by atoms with E-state index in [9.17, 15) is 14.7 Å². The molecular formula is C17H23NO5. The van der Waals surface area contributed by atoms with Gasteiger partial charge in [-0.3, -0.25) is 9.59 Å². The smallest absolute Gasteiger partial charge is 0.308 e. The minimum Gasteiger partial charge on any atom is -0.481 e. The zero-order chi connectivity index (χ0) is 16.5. The van der Waals surface area contributed by atoms with Crippen LogP contribution in [-0.4, -0.2) is 43.3 Å². The van der Waals surface area contributed by atoms with Gasteiger partial charge in [0, 0.05) is 19.8 Å². The van der Waals surface area contributed by atoms with Crippen LogP contribution in [-0.2, 0) is 25.7 Å². The Hall–Kier alpha value is -1.92. The van der Waals surface area contributed by atoms with E-state index in [0.717, 1.165) is 18.4 Å². The summed E-state index contributed by atoms with van der Waals surface area (Å²) in [5, 5.41) is 12.0. The van der Waals surface area contributed by atoms with Gasteiger partial charge in [0.05, 0.1) is 12.5 Å². The molecule has 1 atom stereocenters. The Bertz CT molecular complexity index is 499. The number of carboxylic acid groups (broad SMARTS) is 1. The maximum Gasteiger partial charge on any atom is 0.308 e. The Morgan fingerprint density at radius 1 is 1.26 bits per heavy atom. The molecule has 23 heavy (non-hydrogen) atoms. The first-order valence-corrected chi connectivity index (χ1v) is 7.85. The highest BCUT2D eigenvalue weighted by Crippen LogP contribution is 2.23. The number of rotatable bonds is 8. The summed E-state index contributed by atoms with van der Waals surface area (Å²) < 4.78 is 10.6. The SMILES string of the molecule is O=C(COCc1ccccc1)NCC(C(=O)O)C1CCOCC1. The van der Waals surface area contributed by atoms with Crippen molar-refractivity contribution in [1.82, 2.24) is 5.32 Å². The quantitative estimate of drug-likeness (QED) is 0.757. The first-order valence-electron chi connectivity index (χ1n) is 7.85. The molecule has 1 aliphatic heterocycles. The van der Waals surface area contributed by atoms with E-state index in [1.165, 1.54) is 0 Å². The first-order chi connectivity index (χ1) is 11.2. The fraction of sp³-hybridized carbons (Fsp3) is 0.529. The molecule has 126 valence electrons. The van der Waals surface area contributed by atoms with E-state index < -0.39 is 11.9 Å². The Labute approximate surface area is 135 Å². The van der Waals surface area contributed by atoms with Crippen LogP contribution in [0, 0.1) is 11.8 Å². The standard InChI is InChI=1S/C17H23NO5/c19-16(12-23-11-13-4-2-1-3-5-13)18-10-15(17(20)21)14-6-8-22-9-7-14/h1-5,14-15H,6-12H2,(H,18,19)(H,20,21). The minimum absolute atomic E-state index is 0.0480. The molecule has 0 bridgehead atoms. The van der Waals surface area contributed by atoms with Crippen molar-refractivity contribution in [2.75, 3.05) is 26.4 Å². The van der Waals surface area contributed by atoms with E-state index in [1.54, 1.807) is 0 Å². The van der Waals surface area contributed by atoms with Gasteiger partial charge in [-0.1, -0.05) is 30.3 Å². The van der Waals surface area contributed by atoms with Crippen molar-refractivity contribution in [1.29, 1.82) is 0 Å². The molecular weight excluding hydrogens is 298 g/mol. The van der Waals surface area contributed by atoms with Gasteiger partial charge in [-0.2, -0.15) is 0 Å². The number of benzene rings is 1.